The van der Waals surface area contributed by atoms with Gasteiger partial charge >= 0.3 is 0 Å². The molecule has 0 atom stereocenters. The Morgan fingerprint density at radius 2 is 2.18 bits per heavy atom. The highest BCUT2D eigenvalue weighted by molar-refractivity contribution is 5.99. The Morgan fingerprint density at radius 1 is 1.36 bits per heavy atom. The molecule has 1 N–H and O–H groups in total. The molecule has 22 heavy (non-hydrogen) atoms. The van der Waals surface area contributed by atoms with Gasteiger partial charge in [0.1, 0.15) is 24.2 Å². The van der Waals surface area contributed by atoms with Gasteiger partial charge in [-0.3, -0.25) is 4.79 Å². The molecule has 0 saturated heterocycles. The first-order valence-corrected chi connectivity index (χ1v) is 6.47. The van der Waals surface area contributed by atoms with Gasteiger partial charge in [0.25, 0.3) is 0 Å². The number of hydrogen-bond donors (Lipinski definition) is 1. The lowest BCUT2D eigenvalue weighted by atomic mass is 10.2. The minimum atomic E-state index is -0.364. The summed E-state index contributed by atoms with van der Waals surface area (Å²) < 4.78 is 18.6. The van der Waals surface area contributed by atoms with Crippen LogP contribution in [0.4, 0.5) is 10.1 Å². The average Bonchev–Trinajstić information content (AvgIpc) is 2.53. The summed E-state index contributed by atoms with van der Waals surface area (Å²) in [6, 6.07) is 12.7. The zero-order chi connectivity index (χ0) is 15.9. The van der Waals surface area contributed by atoms with Gasteiger partial charge in [0, 0.05) is 5.69 Å². The van der Waals surface area contributed by atoms with E-state index in [1.807, 2.05) is 6.07 Å². The van der Waals surface area contributed by atoms with E-state index in [1.165, 1.54) is 18.2 Å². The van der Waals surface area contributed by atoms with E-state index >= 15 is 0 Å². The standard InChI is InChI=1S/C17H13FN2O2/c1-2-17(21)20-15-6-7-16(13(9-15)10-19)22-11-12-4-3-5-14(18)8-12/h2-9H,1,11H2,(H,20,21). The highest BCUT2D eigenvalue weighted by Gasteiger charge is 2.07. The van der Waals surface area contributed by atoms with E-state index in [1.54, 1.807) is 24.3 Å². The molecule has 0 aromatic heterocycles. The quantitative estimate of drug-likeness (QED) is 0.860. The third kappa shape index (κ3) is 3.93. The van der Waals surface area contributed by atoms with Crippen LogP contribution in [0.5, 0.6) is 5.75 Å². The monoisotopic (exact) mass is 296 g/mol. The van der Waals surface area contributed by atoms with Gasteiger partial charge in [-0.05, 0) is 42.0 Å². The Morgan fingerprint density at radius 3 is 2.86 bits per heavy atom. The van der Waals surface area contributed by atoms with E-state index in [0.29, 0.717) is 17.0 Å². The molecule has 0 saturated carbocycles. The molecule has 0 spiro atoms. The summed E-state index contributed by atoms with van der Waals surface area (Å²) in [5.74, 6) is -0.343. The summed E-state index contributed by atoms with van der Waals surface area (Å²) in [5.41, 5.74) is 1.41. The van der Waals surface area contributed by atoms with Crippen LogP contribution < -0.4 is 10.1 Å². The Balaban J connectivity index is 2.12. The molecular formula is C17H13FN2O2. The number of nitrogens with zero attached hydrogens (tertiary/aromatic N) is 1. The van der Waals surface area contributed by atoms with Crippen LogP contribution in [0, 0.1) is 17.1 Å². The fourth-order valence-corrected chi connectivity index (χ4v) is 1.80. The average molecular weight is 296 g/mol. The third-order valence-electron chi connectivity index (χ3n) is 2.84. The van der Waals surface area contributed by atoms with Crippen LogP contribution in [-0.2, 0) is 11.4 Å². The van der Waals surface area contributed by atoms with E-state index in [9.17, 15) is 9.18 Å². The minimum absolute atomic E-state index is 0.144. The van der Waals surface area contributed by atoms with Crippen molar-refractivity contribution in [2.45, 2.75) is 6.61 Å². The molecule has 0 aliphatic heterocycles. The lowest BCUT2D eigenvalue weighted by Gasteiger charge is -2.10. The number of nitriles is 1. The van der Waals surface area contributed by atoms with E-state index < -0.39 is 0 Å². The first-order valence-electron chi connectivity index (χ1n) is 6.47. The van der Waals surface area contributed by atoms with Crippen LogP contribution in [0.1, 0.15) is 11.1 Å². The first-order chi connectivity index (χ1) is 10.6. The number of rotatable bonds is 5. The molecule has 1 amide bonds. The number of ether oxygens (including phenoxy) is 1. The summed E-state index contributed by atoms with van der Waals surface area (Å²) in [6.07, 6.45) is 1.14. The Labute approximate surface area is 127 Å². The number of carbonyl (C=O) groups is 1. The maximum atomic E-state index is 13.1. The minimum Gasteiger partial charge on any atom is -0.488 e. The Kier molecular flexibility index (Phi) is 4.89. The molecule has 5 heteroatoms. The van der Waals surface area contributed by atoms with Gasteiger partial charge in [-0.2, -0.15) is 5.26 Å². The van der Waals surface area contributed by atoms with E-state index in [-0.39, 0.29) is 23.9 Å². The maximum Gasteiger partial charge on any atom is 0.247 e. The second-order valence-electron chi connectivity index (χ2n) is 4.43. The van der Waals surface area contributed by atoms with E-state index in [2.05, 4.69) is 11.9 Å². The van der Waals surface area contributed by atoms with Crippen molar-refractivity contribution >= 4 is 11.6 Å². The smallest absolute Gasteiger partial charge is 0.247 e. The van der Waals surface area contributed by atoms with Crippen molar-refractivity contribution in [3.8, 4) is 11.8 Å². The Hall–Kier alpha value is -3.13. The summed E-state index contributed by atoms with van der Waals surface area (Å²) in [7, 11) is 0. The Bertz CT molecular complexity index is 751. The van der Waals surface area contributed by atoms with Gasteiger partial charge in [0.2, 0.25) is 5.91 Å². The van der Waals surface area contributed by atoms with Gasteiger partial charge in [-0.1, -0.05) is 18.7 Å². The molecule has 0 unspecified atom stereocenters. The predicted octanol–water partition coefficient (Wildman–Crippen LogP) is 3.40. The number of hydrogen-bond acceptors (Lipinski definition) is 3. The second kappa shape index (κ2) is 7.04. The summed E-state index contributed by atoms with van der Waals surface area (Å²) in [5, 5.41) is 11.7. The number of carbonyl (C=O) groups excluding carboxylic acids is 1. The number of benzene rings is 2. The molecule has 4 nitrogen and oxygen atoms in total. The van der Waals surface area contributed by atoms with Crippen molar-refractivity contribution in [3.63, 3.8) is 0 Å². The first kappa shape index (κ1) is 15.3. The number of amides is 1. The topological polar surface area (TPSA) is 62.1 Å². The van der Waals surface area contributed by atoms with Gasteiger partial charge in [0.15, 0.2) is 0 Å². The largest absolute Gasteiger partial charge is 0.488 e. The van der Waals surface area contributed by atoms with Crippen molar-refractivity contribution in [1.29, 1.82) is 5.26 Å². The van der Waals surface area contributed by atoms with Crippen molar-refractivity contribution in [3.05, 3.63) is 72.1 Å². The molecule has 0 bridgehead atoms. The van der Waals surface area contributed by atoms with Gasteiger partial charge in [-0.15, -0.1) is 0 Å². The second-order valence-corrected chi connectivity index (χ2v) is 4.43. The van der Waals surface area contributed by atoms with Crippen molar-refractivity contribution in [2.24, 2.45) is 0 Å². The van der Waals surface area contributed by atoms with Crippen LogP contribution in [0.2, 0.25) is 0 Å². The number of anilines is 1. The molecular weight excluding hydrogens is 283 g/mol. The maximum absolute atomic E-state index is 13.1. The normalized spacial score (nSPS) is 9.64. The number of halogens is 1. The van der Waals surface area contributed by atoms with Crippen LogP contribution in [-0.4, -0.2) is 5.91 Å². The number of nitrogens with one attached hydrogen (secondary N) is 1. The molecule has 0 fully saturated rings. The lowest BCUT2D eigenvalue weighted by molar-refractivity contribution is -0.111. The molecule has 2 aromatic rings. The predicted molar refractivity (Wildman–Crippen MR) is 80.7 cm³/mol. The molecule has 110 valence electrons. The zero-order valence-corrected chi connectivity index (χ0v) is 11.7. The third-order valence-corrected chi connectivity index (χ3v) is 2.84. The highest BCUT2D eigenvalue weighted by Crippen LogP contribution is 2.23. The van der Waals surface area contributed by atoms with Crippen LogP contribution in [0.3, 0.4) is 0 Å². The van der Waals surface area contributed by atoms with E-state index in [0.717, 1.165) is 6.08 Å². The van der Waals surface area contributed by atoms with Crippen LogP contribution in [0.25, 0.3) is 0 Å². The van der Waals surface area contributed by atoms with Gasteiger partial charge < -0.3 is 10.1 Å². The molecule has 0 radical (unpaired) electrons. The zero-order valence-electron chi connectivity index (χ0n) is 11.7. The lowest BCUT2D eigenvalue weighted by Crippen LogP contribution is -2.07. The van der Waals surface area contributed by atoms with Crippen molar-refractivity contribution in [1.82, 2.24) is 0 Å². The van der Waals surface area contributed by atoms with E-state index in [4.69, 9.17) is 10.00 Å². The molecule has 2 aromatic carbocycles. The summed E-state index contributed by atoms with van der Waals surface area (Å²) in [6.45, 7) is 3.50. The fourth-order valence-electron chi connectivity index (χ4n) is 1.80. The van der Waals surface area contributed by atoms with Gasteiger partial charge in [0.05, 0.1) is 5.56 Å². The molecule has 2 rings (SSSR count). The van der Waals surface area contributed by atoms with Gasteiger partial charge in [-0.25, -0.2) is 4.39 Å². The van der Waals surface area contributed by atoms with Crippen molar-refractivity contribution in [2.75, 3.05) is 5.32 Å². The SMILES string of the molecule is C=CC(=O)Nc1ccc(OCc2cccc(F)c2)c(C#N)c1. The molecule has 0 aliphatic carbocycles. The highest BCUT2D eigenvalue weighted by atomic mass is 19.1. The van der Waals surface area contributed by atoms with Crippen molar-refractivity contribution < 1.29 is 13.9 Å². The molecule has 0 aliphatic rings. The molecule has 0 heterocycles. The van der Waals surface area contributed by atoms with Crippen LogP contribution in [0.15, 0.2) is 55.1 Å². The summed E-state index contributed by atoms with van der Waals surface area (Å²) >= 11 is 0. The van der Waals surface area contributed by atoms with Crippen LogP contribution >= 0.6 is 0 Å². The summed E-state index contributed by atoms with van der Waals surface area (Å²) in [4.78, 5) is 11.2. The fraction of sp³-hybridized carbons (Fsp3) is 0.0588.